The Labute approximate surface area is 191 Å². The van der Waals surface area contributed by atoms with Gasteiger partial charge in [-0.25, -0.2) is 13.6 Å². The summed E-state index contributed by atoms with van der Waals surface area (Å²) in [6.45, 7) is 4.02. The summed E-state index contributed by atoms with van der Waals surface area (Å²) in [5.41, 5.74) is 5.14. The maximum Gasteiger partial charge on any atom is 0.251 e. The average Bonchev–Trinajstić information content (AvgIpc) is 3.24. The molecule has 1 amide bonds. The van der Waals surface area contributed by atoms with Crippen molar-refractivity contribution in [2.75, 3.05) is 0 Å². The van der Waals surface area contributed by atoms with Gasteiger partial charge < -0.3 is 9.73 Å². The van der Waals surface area contributed by atoms with Crippen molar-refractivity contribution in [3.63, 3.8) is 0 Å². The van der Waals surface area contributed by atoms with Gasteiger partial charge in [0.1, 0.15) is 0 Å². The quantitative estimate of drug-likeness (QED) is 0.451. The number of carbonyl (C=O) groups is 1. The minimum absolute atomic E-state index is 0.0294. The van der Waals surface area contributed by atoms with E-state index in [0.29, 0.717) is 17.3 Å². The zero-order valence-electron chi connectivity index (χ0n) is 18.1. The second-order valence-electron chi connectivity index (χ2n) is 7.60. The van der Waals surface area contributed by atoms with Gasteiger partial charge in [0.25, 0.3) is 5.91 Å². The number of nitrogens with two attached hydrogens (primary N) is 1. The summed E-state index contributed by atoms with van der Waals surface area (Å²) in [4.78, 5) is 12.6. The molecule has 33 heavy (non-hydrogen) atoms. The van der Waals surface area contributed by atoms with E-state index in [1.807, 2.05) is 37.3 Å². The normalized spacial score (nSPS) is 11.4. The standard InChI is InChI=1S/C24H22N4O4S/c1-15-3-6-20(24-28-27-16(2)32-24)13-22(15)18-7-9-19(10-8-18)23(29)26-14-17-4-11-21(12-5-17)33(25,30)31/h3-13H,14H2,1-2H3,(H,26,29)(H2,25,30,31). The summed E-state index contributed by atoms with van der Waals surface area (Å²) >= 11 is 0. The Balaban J connectivity index is 1.46. The van der Waals surface area contributed by atoms with Crippen molar-refractivity contribution in [3.05, 3.63) is 89.3 Å². The van der Waals surface area contributed by atoms with Crippen LogP contribution < -0.4 is 10.5 Å². The van der Waals surface area contributed by atoms with E-state index in [2.05, 4.69) is 15.5 Å². The average molecular weight is 463 g/mol. The van der Waals surface area contributed by atoms with Gasteiger partial charge in [-0.05, 0) is 65.6 Å². The highest BCUT2D eigenvalue weighted by Gasteiger charge is 2.12. The lowest BCUT2D eigenvalue weighted by Crippen LogP contribution is -2.22. The van der Waals surface area contributed by atoms with Gasteiger partial charge in [0.05, 0.1) is 4.90 Å². The highest BCUT2D eigenvalue weighted by molar-refractivity contribution is 7.89. The minimum atomic E-state index is -3.74. The second kappa shape index (κ2) is 8.97. The van der Waals surface area contributed by atoms with Gasteiger partial charge in [-0.2, -0.15) is 0 Å². The zero-order chi connectivity index (χ0) is 23.6. The largest absolute Gasteiger partial charge is 0.421 e. The lowest BCUT2D eigenvalue weighted by atomic mass is 9.97. The molecular weight excluding hydrogens is 440 g/mol. The number of rotatable bonds is 6. The molecule has 1 heterocycles. The number of aromatic nitrogens is 2. The molecule has 0 aliphatic rings. The smallest absolute Gasteiger partial charge is 0.251 e. The number of amides is 1. The topological polar surface area (TPSA) is 128 Å². The molecule has 0 bridgehead atoms. The van der Waals surface area contributed by atoms with Gasteiger partial charge in [-0.3, -0.25) is 4.79 Å². The van der Waals surface area contributed by atoms with Crippen LogP contribution in [0, 0.1) is 13.8 Å². The number of hydrogen-bond donors (Lipinski definition) is 2. The van der Waals surface area contributed by atoms with Gasteiger partial charge in [-0.15, -0.1) is 10.2 Å². The van der Waals surface area contributed by atoms with Crippen molar-refractivity contribution < 1.29 is 17.6 Å². The lowest BCUT2D eigenvalue weighted by Gasteiger charge is -2.10. The molecule has 0 spiro atoms. The van der Waals surface area contributed by atoms with Crippen LogP contribution in [-0.4, -0.2) is 24.5 Å². The van der Waals surface area contributed by atoms with E-state index in [1.54, 1.807) is 31.2 Å². The van der Waals surface area contributed by atoms with Crippen LogP contribution in [0.25, 0.3) is 22.6 Å². The Morgan fingerprint density at radius 1 is 0.939 bits per heavy atom. The Bertz CT molecular complexity index is 1410. The first kappa shape index (κ1) is 22.4. The summed E-state index contributed by atoms with van der Waals surface area (Å²) in [6.07, 6.45) is 0. The number of carbonyl (C=O) groups excluding carboxylic acids is 1. The van der Waals surface area contributed by atoms with Crippen LogP contribution in [0.2, 0.25) is 0 Å². The summed E-state index contributed by atoms with van der Waals surface area (Å²) in [6, 6.07) is 19.3. The van der Waals surface area contributed by atoms with Crippen molar-refractivity contribution in [1.29, 1.82) is 0 Å². The van der Waals surface area contributed by atoms with E-state index in [0.717, 1.165) is 27.8 Å². The summed E-state index contributed by atoms with van der Waals surface area (Å²) in [5, 5.41) is 15.9. The highest BCUT2D eigenvalue weighted by atomic mass is 32.2. The van der Waals surface area contributed by atoms with E-state index < -0.39 is 10.0 Å². The summed E-state index contributed by atoms with van der Waals surface area (Å²) < 4.78 is 28.2. The predicted molar refractivity (Wildman–Crippen MR) is 124 cm³/mol. The number of primary sulfonamides is 1. The van der Waals surface area contributed by atoms with Gasteiger partial charge in [0, 0.05) is 24.6 Å². The molecule has 4 aromatic rings. The first-order valence-corrected chi connectivity index (χ1v) is 11.7. The molecule has 3 aromatic carbocycles. The van der Waals surface area contributed by atoms with Crippen LogP contribution in [0.15, 0.2) is 76.0 Å². The number of nitrogens with one attached hydrogen (secondary N) is 1. The maximum atomic E-state index is 12.5. The van der Waals surface area contributed by atoms with Crippen molar-refractivity contribution in [2.24, 2.45) is 5.14 Å². The first-order chi connectivity index (χ1) is 15.7. The Kier molecular flexibility index (Phi) is 6.08. The third-order valence-electron chi connectivity index (χ3n) is 5.17. The molecule has 0 unspecified atom stereocenters. The molecule has 4 rings (SSSR count). The Morgan fingerprint density at radius 2 is 1.61 bits per heavy atom. The van der Waals surface area contributed by atoms with Gasteiger partial charge in [0.15, 0.2) is 0 Å². The van der Waals surface area contributed by atoms with E-state index in [1.165, 1.54) is 12.1 Å². The second-order valence-corrected chi connectivity index (χ2v) is 9.17. The molecule has 168 valence electrons. The van der Waals surface area contributed by atoms with E-state index in [-0.39, 0.29) is 17.3 Å². The van der Waals surface area contributed by atoms with Crippen LogP contribution in [0.5, 0.6) is 0 Å². The number of nitrogens with zero attached hydrogens (tertiary/aromatic N) is 2. The van der Waals surface area contributed by atoms with Crippen molar-refractivity contribution in [2.45, 2.75) is 25.3 Å². The fourth-order valence-corrected chi connectivity index (χ4v) is 3.88. The Hall–Kier alpha value is -3.82. The fourth-order valence-electron chi connectivity index (χ4n) is 3.36. The molecule has 1 aromatic heterocycles. The van der Waals surface area contributed by atoms with E-state index in [9.17, 15) is 13.2 Å². The molecule has 0 saturated heterocycles. The van der Waals surface area contributed by atoms with Crippen molar-refractivity contribution >= 4 is 15.9 Å². The first-order valence-electron chi connectivity index (χ1n) is 10.1. The molecule has 0 aliphatic heterocycles. The number of hydrogen-bond acceptors (Lipinski definition) is 6. The van der Waals surface area contributed by atoms with Crippen LogP contribution in [0.4, 0.5) is 0 Å². The van der Waals surface area contributed by atoms with E-state index in [4.69, 9.17) is 9.56 Å². The number of sulfonamides is 1. The maximum absolute atomic E-state index is 12.5. The van der Waals surface area contributed by atoms with Gasteiger partial charge in [-0.1, -0.05) is 30.3 Å². The zero-order valence-corrected chi connectivity index (χ0v) is 18.9. The van der Waals surface area contributed by atoms with Crippen LogP contribution >= 0.6 is 0 Å². The van der Waals surface area contributed by atoms with Crippen molar-refractivity contribution in [1.82, 2.24) is 15.5 Å². The number of aryl methyl sites for hydroxylation is 2. The lowest BCUT2D eigenvalue weighted by molar-refractivity contribution is 0.0951. The summed E-state index contributed by atoms with van der Waals surface area (Å²) in [7, 11) is -3.74. The van der Waals surface area contributed by atoms with Gasteiger partial charge >= 0.3 is 0 Å². The fraction of sp³-hybridized carbons (Fsp3) is 0.125. The third-order valence-corrected chi connectivity index (χ3v) is 6.10. The predicted octanol–water partition coefficient (Wildman–Crippen LogP) is 3.60. The van der Waals surface area contributed by atoms with E-state index >= 15 is 0 Å². The van der Waals surface area contributed by atoms with Crippen LogP contribution in [0.3, 0.4) is 0 Å². The molecule has 0 fully saturated rings. The molecule has 0 saturated carbocycles. The monoisotopic (exact) mass is 462 g/mol. The molecule has 3 N–H and O–H groups in total. The number of benzene rings is 3. The molecule has 0 radical (unpaired) electrons. The SMILES string of the molecule is Cc1nnc(-c2ccc(C)c(-c3ccc(C(=O)NCc4ccc(S(N)(=O)=O)cc4)cc3)c2)o1. The molecule has 0 atom stereocenters. The van der Waals surface area contributed by atoms with Gasteiger partial charge in [0.2, 0.25) is 21.8 Å². The Morgan fingerprint density at radius 3 is 2.21 bits per heavy atom. The minimum Gasteiger partial charge on any atom is -0.421 e. The molecule has 8 nitrogen and oxygen atoms in total. The van der Waals surface area contributed by atoms with Crippen LogP contribution in [-0.2, 0) is 16.6 Å². The highest BCUT2D eigenvalue weighted by Crippen LogP contribution is 2.29. The molecule has 9 heteroatoms. The van der Waals surface area contributed by atoms with Crippen molar-refractivity contribution in [3.8, 4) is 22.6 Å². The summed E-state index contributed by atoms with van der Waals surface area (Å²) in [5.74, 6) is 0.730. The molecule has 0 aliphatic carbocycles. The molecular formula is C24H22N4O4S. The third kappa shape index (κ3) is 5.16. The van der Waals surface area contributed by atoms with Crippen LogP contribution in [0.1, 0.15) is 27.4 Å².